The molecule has 0 unspecified atom stereocenters. The predicted molar refractivity (Wildman–Crippen MR) is 95.3 cm³/mol. The summed E-state index contributed by atoms with van der Waals surface area (Å²) < 4.78 is 0. The number of anilines is 1. The molecule has 0 N–H and O–H groups in total. The van der Waals surface area contributed by atoms with Gasteiger partial charge in [0.2, 0.25) is 0 Å². The molecule has 0 bridgehead atoms. The van der Waals surface area contributed by atoms with E-state index < -0.39 is 0 Å². The molecular weight excluding hydrogens is 315 g/mol. The number of halogens is 2. The van der Waals surface area contributed by atoms with Gasteiger partial charge in [0.25, 0.3) is 0 Å². The van der Waals surface area contributed by atoms with E-state index in [4.69, 9.17) is 23.2 Å². The van der Waals surface area contributed by atoms with Crippen LogP contribution in [-0.2, 0) is 6.42 Å². The number of benzene rings is 2. The van der Waals surface area contributed by atoms with Crippen LogP contribution in [0.5, 0.6) is 0 Å². The lowest BCUT2D eigenvalue weighted by Gasteiger charge is -2.36. The molecule has 2 aromatic carbocycles. The molecule has 2 nitrogen and oxygen atoms in total. The fourth-order valence-electron chi connectivity index (χ4n) is 2.88. The average molecular weight is 335 g/mol. The Hall–Kier alpha value is -1.22. The van der Waals surface area contributed by atoms with Gasteiger partial charge in [0.1, 0.15) is 0 Å². The highest BCUT2D eigenvalue weighted by atomic mass is 35.5. The van der Waals surface area contributed by atoms with Gasteiger partial charge in [0, 0.05) is 48.5 Å². The topological polar surface area (TPSA) is 6.48 Å². The molecule has 4 heteroatoms. The van der Waals surface area contributed by atoms with Crippen molar-refractivity contribution < 1.29 is 0 Å². The van der Waals surface area contributed by atoms with Gasteiger partial charge in [-0.1, -0.05) is 41.4 Å². The van der Waals surface area contributed by atoms with Gasteiger partial charge in [0.15, 0.2) is 0 Å². The van der Waals surface area contributed by atoms with Crippen molar-refractivity contribution in [2.45, 2.75) is 6.42 Å². The van der Waals surface area contributed by atoms with Crippen LogP contribution in [0.4, 0.5) is 5.69 Å². The highest BCUT2D eigenvalue weighted by molar-refractivity contribution is 6.33. The molecular formula is C18H20Cl2N2. The molecule has 1 aliphatic rings. The number of nitrogens with zero attached hydrogens (tertiary/aromatic N) is 2. The van der Waals surface area contributed by atoms with Crippen LogP contribution in [-0.4, -0.2) is 37.6 Å². The van der Waals surface area contributed by atoms with Crippen LogP contribution in [0, 0.1) is 0 Å². The molecule has 0 aliphatic carbocycles. The Labute approximate surface area is 142 Å². The van der Waals surface area contributed by atoms with E-state index in [1.54, 1.807) is 0 Å². The lowest BCUT2D eigenvalue weighted by Crippen LogP contribution is -2.47. The second-order valence-electron chi connectivity index (χ2n) is 5.65. The number of para-hydroxylation sites is 1. The minimum atomic E-state index is 0.758. The van der Waals surface area contributed by atoms with E-state index in [1.807, 2.05) is 18.2 Å². The normalized spacial score (nSPS) is 16.0. The van der Waals surface area contributed by atoms with Crippen LogP contribution in [0.2, 0.25) is 10.0 Å². The average Bonchev–Trinajstić information content (AvgIpc) is 2.57. The van der Waals surface area contributed by atoms with Gasteiger partial charge in [-0.15, -0.1) is 0 Å². The van der Waals surface area contributed by atoms with Gasteiger partial charge in [-0.05, 0) is 42.3 Å². The van der Waals surface area contributed by atoms with Gasteiger partial charge in [0.05, 0.1) is 0 Å². The summed E-state index contributed by atoms with van der Waals surface area (Å²) in [5.74, 6) is 0. The van der Waals surface area contributed by atoms with E-state index in [-0.39, 0.29) is 0 Å². The molecule has 0 amide bonds. The SMILES string of the molecule is Clc1ccc(Cl)c(CCN2CCN(c3ccccc3)CC2)c1. The standard InChI is InChI=1S/C18H20Cl2N2/c19-16-6-7-18(20)15(14-16)8-9-21-10-12-22(13-11-21)17-4-2-1-3-5-17/h1-7,14H,8-13H2. The fraction of sp³-hybridized carbons (Fsp3) is 0.333. The summed E-state index contributed by atoms with van der Waals surface area (Å²) in [4.78, 5) is 4.94. The third kappa shape index (κ3) is 3.95. The summed E-state index contributed by atoms with van der Waals surface area (Å²) in [6.45, 7) is 5.36. The Bertz CT molecular complexity index is 608. The largest absolute Gasteiger partial charge is 0.369 e. The first kappa shape index (κ1) is 15.7. The van der Waals surface area contributed by atoms with E-state index in [0.717, 1.165) is 54.8 Å². The minimum absolute atomic E-state index is 0.758. The Kier molecular flexibility index (Phi) is 5.24. The Morgan fingerprint density at radius 1 is 0.864 bits per heavy atom. The second-order valence-corrected chi connectivity index (χ2v) is 6.49. The number of rotatable bonds is 4. The summed E-state index contributed by atoms with van der Waals surface area (Å²) >= 11 is 12.3. The molecule has 116 valence electrons. The molecule has 1 aliphatic heterocycles. The summed E-state index contributed by atoms with van der Waals surface area (Å²) in [5, 5.41) is 1.57. The summed E-state index contributed by atoms with van der Waals surface area (Å²) in [7, 11) is 0. The van der Waals surface area contributed by atoms with Crippen molar-refractivity contribution in [1.82, 2.24) is 4.90 Å². The van der Waals surface area contributed by atoms with Crippen molar-refractivity contribution in [1.29, 1.82) is 0 Å². The van der Waals surface area contributed by atoms with E-state index in [1.165, 1.54) is 5.69 Å². The molecule has 22 heavy (non-hydrogen) atoms. The van der Waals surface area contributed by atoms with Crippen molar-refractivity contribution in [3.8, 4) is 0 Å². The molecule has 1 saturated heterocycles. The summed E-state index contributed by atoms with van der Waals surface area (Å²) in [6, 6.07) is 16.3. The van der Waals surface area contributed by atoms with Gasteiger partial charge in [-0.2, -0.15) is 0 Å². The Morgan fingerprint density at radius 2 is 1.59 bits per heavy atom. The summed E-state index contributed by atoms with van der Waals surface area (Å²) in [6.07, 6.45) is 0.949. The first-order valence-corrected chi connectivity index (χ1v) is 8.44. The Balaban J connectivity index is 1.51. The van der Waals surface area contributed by atoms with E-state index >= 15 is 0 Å². The van der Waals surface area contributed by atoms with Crippen molar-refractivity contribution in [3.05, 3.63) is 64.1 Å². The van der Waals surface area contributed by atoms with Crippen molar-refractivity contribution in [2.24, 2.45) is 0 Å². The zero-order valence-electron chi connectivity index (χ0n) is 12.5. The Morgan fingerprint density at radius 3 is 2.32 bits per heavy atom. The molecule has 1 heterocycles. The van der Waals surface area contributed by atoms with Crippen LogP contribution in [0.3, 0.4) is 0 Å². The number of hydrogen-bond acceptors (Lipinski definition) is 2. The maximum Gasteiger partial charge on any atom is 0.0439 e. The van der Waals surface area contributed by atoms with Gasteiger partial charge in [-0.25, -0.2) is 0 Å². The van der Waals surface area contributed by atoms with Crippen LogP contribution < -0.4 is 4.90 Å². The predicted octanol–water partition coefficient (Wildman–Crippen LogP) is 4.36. The summed E-state index contributed by atoms with van der Waals surface area (Å²) in [5.41, 5.74) is 2.46. The van der Waals surface area contributed by atoms with Gasteiger partial charge in [-0.3, -0.25) is 4.90 Å². The molecule has 0 atom stereocenters. The van der Waals surface area contributed by atoms with Gasteiger partial charge < -0.3 is 4.90 Å². The molecule has 3 rings (SSSR count). The monoisotopic (exact) mass is 334 g/mol. The third-order valence-corrected chi connectivity index (χ3v) is 4.80. The second kappa shape index (κ2) is 7.36. The quantitative estimate of drug-likeness (QED) is 0.819. The zero-order chi connectivity index (χ0) is 15.4. The lowest BCUT2D eigenvalue weighted by molar-refractivity contribution is 0.261. The first-order valence-electron chi connectivity index (χ1n) is 7.68. The molecule has 0 aromatic heterocycles. The highest BCUT2D eigenvalue weighted by Crippen LogP contribution is 2.22. The third-order valence-electron chi connectivity index (χ3n) is 4.20. The van der Waals surface area contributed by atoms with Crippen LogP contribution in [0.1, 0.15) is 5.56 Å². The van der Waals surface area contributed by atoms with E-state index in [2.05, 4.69) is 40.1 Å². The van der Waals surface area contributed by atoms with Gasteiger partial charge >= 0.3 is 0 Å². The van der Waals surface area contributed by atoms with Crippen molar-refractivity contribution in [2.75, 3.05) is 37.6 Å². The lowest BCUT2D eigenvalue weighted by atomic mass is 10.1. The van der Waals surface area contributed by atoms with E-state index in [0.29, 0.717) is 0 Å². The fourth-order valence-corrected chi connectivity index (χ4v) is 3.29. The highest BCUT2D eigenvalue weighted by Gasteiger charge is 2.17. The molecule has 1 fully saturated rings. The molecule has 0 saturated carbocycles. The van der Waals surface area contributed by atoms with Crippen LogP contribution in [0.25, 0.3) is 0 Å². The minimum Gasteiger partial charge on any atom is -0.369 e. The first-order chi connectivity index (χ1) is 10.7. The zero-order valence-corrected chi connectivity index (χ0v) is 14.0. The maximum absolute atomic E-state index is 6.23. The van der Waals surface area contributed by atoms with Crippen molar-refractivity contribution in [3.63, 3.8) is 0 Å². The van der Waals surface area contributed by atoms with Crippen LogP contribution in [0.15, 0.2) is 48.5 Å². The molecule has 0 spiro atoms. The number of hydrogen-bond donors (Lipinski definition) is 0. The van der Waals surface area contributed by atoms with E-state index in [9.17, 15) is 0 Å². The van der Waals surface area contributed by atoms with Crippen LogP contribution >= 0.6 is 23.2 Å². The molecule has 2 aromatic rings. The smallest absolute Gasteiger partial charge is 0.0439 e. The molecule has 0 radical (unpaired) electrons. The number of piperazine rings is 1. The van der Waals surface area contributed by atoms with Crippen molar-refractivity contribution >= 4 is 28.9 Å². The maximum atomic E-state index is 6.23.